The molecule has 1 aromatic heterocycles. The third-order valence-electron chi connectivity index (χ3n) is 2.90. The Bertz CT molecular complexity index is 583. The van der Waals surface area contributed by atoms with Crippen LogP contribution in [0, 0.1) is 5.82 Å². The van der Waals surface area contributed by atoms with E-state index in [1.165, 1.54) is 6.07 Å². The van der Waals surface area contributed by atoms with E-state index < -0.39 is 0 Å². The molecule has 1 aromatic carbocycles. The predicted octanol–water partition coefficient (Wildman–Crippen LogP) is 4.35. The Balaban J connectivity index is 2.85. The van der Waals surface area contributed by atoms with Crippen LogP contribution >= 0.6 is 15.9 Å². The van der Waals surface area contributed by atoms with Gasteiger partial charge in [0.15, 0.2) is 5.58 Å². The Labute approximate surface area is 115 Å². The van der Waals surface area contributed by atoms with Gasteiger partial charge in [-0.25, -0.2) is 4.39 Å². The zero-order valence-corrected chi connectivity index (χ0v) is 12.6. The fourth-order valence-corrected chi connectivity index (χ4v) is 2.67. The molecular formula is C14H17BrFNO. The summed E-state index contributed by atoms with van der Waals surface area (Å²) < 4.78 is 20.7. The van der Waals surface area contributed by atoms with Crippen LogP contribution in [0.2, 0.25) is 0 Å². The second-order valence-corrected chi connectivity index (χ2v) is 6.27. The van der Waals surface area contributed by atoms with Gasteiger partial charge in [-0.05, 0) is 40.5 Å². The van der Waals surface area contributed by atoms with E-state index in [0.29, 0.717) is 17.5 Å². The van der Waals surface area contributed by atoms with Crippen LogP contribution in [0.5, 0.6) is 0 Å². The second-order valence-electron chi connectivity index (χ2n) is 5.41. The molecule has 0 unspecified atom stereocenters. The highest BCUT2D eigenvalue weighted by Crippen LogP contribution is 2.39. The van der Waals surface area contributed by atoms with Crippen molar-refractivity contribution in [3.05, 3.63) is 33.7 Å². The largest absolute Gasteiger partial charge is 0.458 e. The van der Waals surface area contributed by atoms with Crippen LogP contribution in [0.25, 0.3) is 11.0 Å². The Morgan fingerprint density at radius 2 is 2.00 bits per heavy atom. The molecular weight excluding hydrogens is 297 g/mol. The average molecular weight is 314 g/mol. The molecule has 2 rings (SSSR count). The predicted molar refractivity (Wildman–Crippen MR) is 75.3 cm³/mol. The lowest BCUT2D eigenvalue weighted by Crippen LogP contribution is -2.16. The highest BCUT2D eigenvalue weighted by molar-refractivity contribution is 9.10. The van der Waals surface area contributed by atoms with E-state index in [1.807, 2.05) is 7.05 Å². The lowest BCUT2D eigenvalue weighted by Gasteiger charge is -2.19. The molecule has 0 atom stereocenters. The maximum atomic E-state index is 14.1. The molecule has 0 fully saturated rings. The molecule has 0 aliphatic carbocycles. The third kappa shape index (κ3) is 2.19. The van der Waals surface area contributed by atoms with Crippen LogP contribution in [-0.2, 0) is 12.0 Å². The number of furan rings is 1. The molecule has 0 radical (unpaired) electrons. The summed E-state index contributed by atoms with van der Waals surface area (Å²) in [6.45, 7) is 6.79. The maximum absolute atomic E-state index is 14.1. The van der Waals surface area contributed by atoms with Crippen LogP contribution < -0.4 is 5.32 Å². The molecule has 0 saturated heterocycles. The molecule has 4 heteroatoms. The molecule has 0 spiro atoms. The highest BCUT2D eigenvalue weighted by Gasteiger charge is 2.27. The second kappa shape index (κ2) is 4.67. The number of fused-ring (bicyclic) bond motifs is 1. The molecule has 0 bridgehead atoms. The van der Waals surface area contributed by atoms with E-state index >= 15 is 0 Å². The summed E-state index contributed by atoms with van der Waals surface area (Å²) in [5.41, 5.74) is 1.36. The maximum Gasteiger partial charge on any atom is 0.151 e. The molecule has 1 heterocycles. The van der Waals surface area contributed by atoms with Gasteiger partial charge in [-0.15, -0.1) is 0 Å². The number of hydrogen-bond acceptors (Lipinski definition) is 2. The van der Waals surface area contributed by atoms with Crippen LogP contribution in [-0.4, -0.2) is 7.05 Å². The topological polar surface area (TPSA) is 25.2 Å². The highest BCUT2D eigenvalue weighted by atomic mass is 79.9. The normalized spacial score (nSPS) is 12.3. The van der Waals surface area contributed by atoms with Crippen molar-refractivity contribution in [2.75, 3.05) is 7.05 Å². The van der Waals surface area contributed by atoms with Gasteiger partial charge >= 0.3 is 0 Å². The lowest BCUT2D eigenvalue weighted by molar-refractivity contribution is 0.494. The van der Waals surface area contributed by atoms with Gasteiger partial charge in [-0.3, -0.25) is 0 Å². The van der Waals surface area contributed by atoms with E-state index in [4.69, 9.17) is 4.42 Å². The number of hydrogen-bond donors (Lipinski definition) is 1. The van der Waals surface area contributed by atoms with Crippen molar-refractivity contribution in [2.45, 2.75) is 32.7 Å². The van der Waals surface area contributed by atoms with Gasteiger partial charge in [0.25, 0.3) is 0 Å². The van der Waals surface area contributed by atoms with Gasteiger partial charge in [0.2, 0.25) is 0 Å². The van der Waals surface area contributed by atoms with Gasteiger partial charge in [0, 0.05) is 5.56 Å². The van der Waals surface area contributed by atoms with E-state index in [-0.39, 0.29) is 11.2 Å². The first-order chi connectivity index (χ1) is 8.36. The van der Waals surface area contributed by atoms with Gasteiger partial charge < -0.3 is 9.73 Å². The minimum Gasteiger partial charge on any atom is -0.458 e. The summed E-state index contributed by atoms with van der Waals surface area (Å²) >= 11 is 3.42. The number of halogens is 2. The van der Waals surface area contributed by atoms with Gasteiger partial charge in [0.1, 0.15) is 11.6 Å². The SMILES string of the molecule is CNCc1oc2c(Br)ccc(F)c2c1C(C)(C)C. The Morgan fingerprint density at radius 3 is 2.56 bits per heavy atom. The zero-order chi connectivity index (χ0) is 13.5. The van der Waals surface area contributed by atoms with Gasteiger partial charge in [0.05, 0.1) is 16.4 Å². The average Bonchev–Trinajstić information content (AvgIpc) is 2.64. The first-order valence-electron chi connectivity index (χ1n) is 5.90. The van der Waals surface area contributed by atoms with Crippen LogP contribution in [0.4, 0.5) is 4.39 Å². The third-order valence-corrected chi connectivity index (χ3v) is 3.52. The zero-order valence-electron chi connectivity index (χ0n) is 11.0. The van der Waals surface area contributed by atoms with E-state index in [2.05, 4.69) is 42.0 Å². The smallest absolute Gasteiger partial charge is 0.151 e. The fraction of sp³-hybridized carbons (Fsp3) is 0.429. The van der Waals surface area contributed by atoms with Crippen molar-refractivity contribution in [3.63, 3.8) is 0 Å². The Kier molecular flexibility index (Phi) is 3.52. The minimum absolute atomic E-state index is 0.168. The van der Waals surface area contributed by atoms with Crippen LogP contribution in [0.1, 0.15) is 32.1 Å². The molecule has 18 heavy (non-hydrogen) atoms. The summed E-state index contributed by atoms with van der Waals surface area (Å²) in [7, 11) is 1.85. The standard InChI is InChI=1S/C14H17BrFNO/c1-14(2,3)12-10(7-17-4)18-13-8(15)5-6-9(16)11(12)13/h5-6,17H,7H2,1-4H3. The first-order valence-corrected chi connectivity index (χ1v) is 6.70. The van der Waals surface area contributed by atoms with Crippen molar-refractivity contribution in [1.82, 2.24) is 5.32 Å². The summed E-state index contributed by atoms with van der Waals surface area (Å²) in [6.07, 6.45) is 0. The molecule has 0 aliphatic rings. The Morgan fingerprint density at radius 1 is 1.33 bits per heavy atom. The van der Waals surface area contributed by atoms with Gasteiger partial charge in [-0.1, -0.05) is 20.8 Å². The first kappa shape index (κ1) is 13.6. The summed E-state index contributed by atoms with van der Waals surface area (Å²) in [5.74, 6) is 0.565. The van der Waals surface area contributed by atoms with Crippen molar-refractivity contribution in [1.29, 1.82) is 0 Å². The van der Waals surface area contributed by atoms with E-state index in [0.717, 1.165) is 15.8 Å². The molecule has 0 aliphatic heterocycles. The van der Waals surface area contributed by atoms with E-state index in [9.17, 15) is 4.39 Å². The fourth-order valence-electron chi connectivity index (χ4n) is 2.26. The summed E-state index contributed by atoms with van der Waals surface area (Å²) in [4.78, 5) is 0. The lowest BCUT2D eigenvalue weighted by atomic mass is 9.84. The molecule has 0 amide bonds. The monoisotopic (exact) mass is 313 g/mol. The van der Waals surface area contributed by atoms with Crippen LogP contribution in [0.3, 0.4) is 0 Å². The van der Waals surface area contributed by atoms with E-state index in [1.54, 1.807) is 6.07 Å². The quantitative estimate of drug-likeness (QED) is 0.891. The van der Waals surface area contributed by atoms with Crippen molar-refractivity contribution in [3.8, 4) is 0 Å². The molecule has 2 nitrogen and oxygen atoms in total. The van der Waals surface area contributed by atoms with Crippen molar-refractivity contribution in [2.24, 2.45) is 0 Å². The molecule has 0 saturated carbocycles. The van der Waals surface area contributed by atoms with Gasteiger partial charge in [-0.2, -0.15) is 0 Å². The van der Waals surface area contributed by atoms with Crippen molar-refractivity contribution < 1.29 is 8.81 Å². The molecule has 1 N–H and O–H groups in total. The number of rotatable bonds is 2. The van der Waals surface area contributed by atoms with Crippen molar-refractivity contribution >= 4 is 26.9 Å². The minimum atomic E-state index is -0.232. The summed E-state index contributed by atoms with van der Waals surface area (Å²) in [5, 5.41) is 3.65. The molecule has 2 aromatic rings. The van der Waals surface area contributed by atoms with Crippen LogP contribution in [0.15, 0.2) is 21.0 Å². The number of benzene rings is 1. The number of nitrogens with one attached hydrogen (secondary N) is 1. The summed E-state index contributed by atoms with van der Waals surface area (Å²) in [6, 6.07) is 3.15. The molecule has 98 valence electrons. The Hall–Kier alpha value is -0.870.